The van der Waals surface area contributed by atoms with Crippen molar-refractivity contribution in [2.75, 3.05) is 5.32 Å². The van der Waals surface area contributed by atoms with Crippen LogP contribution in [0.4, 0.5) is 10.6 Å². The Labute approximate surface area is 137 Å². The van der Waals surface area contributed by atoms with E-state index in [0.29, 0.717) is 10.7 Å². The molecule has 0 saturated heterocycles. The van der Waals surface area contributed by atoms with Crippen LogP contribution in [0.15, 0.2) is 30.5 Å². The highest BCUT2D eigenvalue weighted by atomic mass is 35.5. The molecule has 1 heterocycles. The number of carbonyl (C=O) groups is 2. The van der Waals surface area contributed by atoms with Crippen LogP contribution in [-0.4, -0.2) is 32.6 Å². The summed E-state index contributed by atoms with van der Waals surface area (Å²) < 4.78 is 6.45. The Balaban J connectivity index is 2.39. The predicted octanol–water partition coefficient (Wildman–Crippen LogP) is 3.57. The summed E-state index contributed by atoms with van der Waals surface area (Å²) in [4.78, 5) is 23.3. The molecule has 0 aliphatic carbocycles. The number of amides is 1. The lowest BCUT2D eigenvalue weighted by molar-refractivity contribution is 0.0635. The van der Waals surface area contributed by atoms with Gasteiger partial charge in [0.25, 0.3) is 0 Å². The number of aromatic carboxylic acids is 1. The maximum Gasteiger partial charge on any atom is 0.413 e. The average molecular weight is 338 g/mol. The van der Waals surface area contributed by atoms with Crippen molar-refractivity contribution in [2.24, 2.45) is 0 Å². The minimum Gasteiger partial charge on any atom is -0.477 e. The number of hydrogen-bond donors (Lipinski definition) is 2. The van der Waals surface area contributed by atoms with Crippen LogP contribution in [0, 0.1) is 0 Å². The number of hydrogen-bond acceptors (Lipinski definition) is 4. The van der Waals surface area contributed by atoms with E-state index in [1.54, 1.807) is 45.0 Å². The maximum atomic E-state index is 12.0. The molecule has 8 heteroatoms. The zero-order valence-electron chi connectivity index (χ0n) is 12.8. The van der Waals surface area contributed by atoms with E-state index in [0.717, 1.165) is 6.20 Å². The molecule has 0 aliphatic rings. The first-order valence-electron chi connectivity index (χ1n) is 6.74. The molecule has 2 aromatic rings. The van der Waals surface area contributed by atoms with Crippen LogP contribution in [0.3, 0.4) is 0 Å². The highest BCUT2D eigenvalue weighted by molar-refractivity contribution is 6.30. The second-order valence-corrected chi connectivity index (χ2v) is 6.16. The largest absolute Gasteiger partial charge is 0.477 e. The summed E-state index contributed by atoms with van der Waals surface area (Å²) in [6.07, 6.45) is 0.389. The zero-order valence-corrected chi connectivity index (χ0v) is 13.6. The number of carbonyl (C=O) groups excluding carboxylic acids is 1. The third kappa shape index (κ3) is 4.23. The fourth-order valence-corrected chi connectivity index (χ4v) is 1.93. The summed E-state index contributed by atoms with van der Waals surface area (Å²) in [6.45, 7) is 5.13. The number of ether oxygens (including phenoxy) is 1. The van der Waals surface area contributed by atoms with Crippen LogP contribution in [0.5, 0.6) is 0 Å². The Morgan fingerprint density at radius 3 is 2.39 bits per heavy atom. The Morgan fingerprint density at radius 1 is 1.26 bits per heavy atom. The topological polar surface area (TPSA) is 93.4 Å². The number of nitrogens with one attached hydrogen (secondary N) is 1. The van der Waals surface area contributed by atoms with Crippen molar-refractivity contribution in [1.29, 1.82) is 0 Å². The van der Waals surface area contributed by atoms with Gasteiger partial charge in [0.2, 0.25) is 0 Å². The first-order chi connectivity index (χ1) is 10.7. The summed E-state index contributed by atoms with van der Waals surface area (Å²) in [5, 5.41) is 16.2. The first-order valence-corrected chi connectivity index (χ1v) is 7.12. The van der Waals surface area contributed by atoms with E-state index in [9.17, 15) is 14.7 Å². The summed E-state index contributed by atoms with van der Waals surface area (Å²) in [5.74, 6) is -1.20. The number of anilines is 1. The van der Waals surface area contributed by atoms with Gasteiger partial charge in [-0.2, -0.15) is 5.10 Å². The molecule has 1 aromatic carbocycles. The number of rotatable bonds is 3. The van der Waals surface area contributed by atoms with Crippen LogP contribution in [0.25, 0.3) is 5.69 Å². The lowest BCUT2D eigenvalue weighted by Crippen LogP contribution is -2.28. The first kappa shape index (κ1) is 16.8. The van der Waals surface area contributed by atoms with Crippen molar-refractivity contribution in [1.82, 2.24) is 9.78 Å². The second kappa shape index (κ2) is 6.29. The highest BCUT2D eigenvalue weighted by Crippen LogP contribution is 2.22. The van der Waals surface area contributed by atoms with Gasteiger partial charge in [-0.15, -0.1) is 0 Å². The minimum atomic E-state index is -1.21. The van der Waals surface area contributed by atoms with Gasteiger partial charge in [-0.1, -0.05) is 11.6 Å². The Kier molecular flexibility index (Phi) is 4.60. The highest BCUT2D eigenvalue weighted by Gasteiger charge is 2.23. The molecular formula is C15H16ClN3O4. The van der Waals surface area contributed by atoms with Gasteiger partial charge in [0.15, 0.2) is 5.82 Å². The molecule has 0 saturated carbocycles. The van der Waals surface area contributed by atoms with Crippen molar-refractivity contribution in [3.05, 3.63) is 41.0 Å². The molecule has 23 heavy (non-hydrogen) atoms. The van der Waals surface area contributed by atoms with E-state index in [4.69, 9.17) is 16.3 Å². The summed E-state index contributed by atoms with van der Waals surface area (Å²) in [6, 6.07) is 6.58. The van der Waals surface area contributed by atoms with Gasteiger partial charge in [-0.3, -0.25) is 5.32 Å². The van der Waals surface area contributed by atoms with Gasteiger partial charge in [-0.25, -0.2) is 14.3 Å². The molecule has 0 unspecified atom stereocenters. The molecule has 0 fully saturated rings. The summed E-state index contributed by atoms with van der Waals surface area (Å²) >= 11 is 5.84. The number of carboxylic acids is 1. The van der Waals surface area contributed by atoms with E-state index in [1.807, 2.05) is 0 Å². The monoisotopic (exact) mass is 337 g/mol. The normalized spacial score (nSPS) is 11.1. The van der Waals surface area contributed by atoms with Gasteiger partial charge in [-0.05, 0) is 45.0 Å². The van der Waals surface area contributed by atoms with Crippen molar-refractivity contribution in [2.45, 2.75) is 26.4 Å². The zero-order chi connectivity index (χ0) is 17.2. The van der Waals surface area contributed by atoms with E-state index in [-0.39, 0.29) is 11.4 Å². The van der Waals surface area contributed by atoms with Crippen LogP contribution >= 0.6 is 11.6 Å². The van der Waals surface area contributed by atoms with E-state index in [1.165, 1.54) is 4.68 Å². The Bertz CT molecular complexity index is 732. The molecule has 0 radical (unpaired) electrons. The predicted molar refractivity (Wildman–Crippen MR) is 85.4 cm³/mol. The van der Waals surface area contributed by atoms with Crippen molar-refractivity contribution in [3.8, 4) is 5.69 Å². The number of carboxylic acid groups (broad SMARTS) is 1. The van der Waals surface area contributed by atoms with E-state index >= 15 is 0 Å². The Hall–Kier alpha value is -2.54. The van der Waals surface area contributed by atoms with Gasteiger partial charge >= 0.3 is 12.1 Å². The lowest BCUT2D eigenvalue weighted by Gasteiger charge is -2.20. The standard InChI is InChI=1S/C15H16ClN3O4/c1-15(2,3)23-14(22)18-12-11(13(20)21)8-17-19(12)10-6-4-9(16)5-7-10/h4-8H,1-3H3,(H,18,22)(H,20,21). The van der Waals surface area contributed by atoms with E-state index < -0.39 is 17.7 Å². The molecule has 122 valence electrons. The van der Waals surface area contributed by atoms with Gasteiger partial charge in [0.1, 0.15) is 11.2 Å². The smallest absolute Gasteiger partial charge is 0.413 e. The fourth-order valence-electron chi connectivity index (χ4n) is 1.80. The van der Waals surface area contributed by atoms with Crippen LogP contribution in [-0.2, 0) is 4.74 Å². The average Bonchev–Trinajstić information content (AvgIpc) is 2.81. The van der Waals surface area contributed by atoms with E-state index in [2.05, 4.69) is 10.4 Å². The molecule has 0 atom stereocenters. The number of benzene rings is 1. The van der Waals surface area contributed by atoms with Gasteiger partial charge in [0, 0.05) is 5.02 Å². The van der Waals surface area contributed by atoms with Crippen molar-refractivity contribution >= 4 is 29.5 Å². The van der Waals surface area contributed by atoms with Gasteiger partial charge < -0.3 is 9.84 Å². The number of halogens is 1. The molecule has 0 spiro atoms. The third-order valence-electron chi connectivity index (χ3n) is 2.69. The van der Waals surface area contributed by atoms with Crippen molar-refractivity contribution < 1.29 is 19.4 Å². The molecule has 2 rings (SSSR count). The van der Waals surface area contributed by atoms with Crippen LogP contribution in [0.2, 0.25) is 5.02 Å². The fraction of sp³-hybridized carbons (Fsp3) is 0.267. The molecule has 0 bridgehead atoms. The van der Waals surface area contributed by atoms with Gasteiger partial charge in [0.05, 0.1) is 11.9 Å². The van der Waals surface area contributed by atoms with Crippen molar-refractivity contribution in [3.63, 3.8) is 0 Å². The molecule has 1 amide bonds. The van der Waals surface area contributed by atoms with Crippen LogP contribution < -0.4 is 5.32 Å². The summed E-state index contributed by atoms with van der Waals surface area (Å²) in [5.41, 5.74) is -0.308. The lowest BCUT2D eigenvalue weighted by atomic mass is 10.2. The molecular weight excluding hydrogens is 322 g/mol. The Morgan fingerprint density at radius 2 is 1.87 bits per heavy atom. The quantitative estimate of drug-likeness (QED) is 0.893. The number of aromatic nitrogens is 2. The molecule has 7 nitrogen and oxygen atoms in total. The molecule has 1 aromatic heterocycles. The molecule has 0 aliphatic heterocycles. The molecule has 2 N–H and O–H groups in total. The number of nitrogens with zero attached hydrogens (tertiary/aromatic N) is 2. The SMILES string of the molecule is CC(C)(C)OC(=O)Nc1c(C(=O)O)cnn1-c1ccc(Cl)cc1. The summed E-state index contributed by atoms with van der Waals surface area (Å²) in [7, 11) is 0. The second-order valence-electron chi connectivity index (χ2n) is 5.73. The maximum absolute atomic E-state index is 12.0. The van der Waals surface area contributed by atoms with Crippen LogP contribution in [0.1, 0.15) is 31.1 Å². The third-order valence-corrected chi connectivity index (χ3v) is 2.94. The minimum absolute atomic E-state index is 0.00840.